The van der Waals surface area contributed by atoms with Crippen molar-refractivity contribution in [3.63, 3.8) is 0 Å². The zero-order valence-corrected chi connectivity index (χ0v) is 18.9. The lowest BCUT2D eigenvalue weighted by molar-refractivity contribution is -0.130. The van der Waals surface area contributed by atoms with Crippen molar-refractivity contribution in [2.75, 3.05) is 31.1 Å². The average molecular weight is 447 g/mol. The van der Waals surface area contributed by atoms with Crippen LogP contribution in [0.5, 0.6) is 0 Å². The first kappa shape index (κ1) is 20.4. The minimum absolute atomic E-state index is 0.165. The summed E-state index contributed by atoms with van der Waals surface area (Å²) in [6, 6.07) is 10.0. The van der Waals surface area contributed by atoms with Crippen LogP contribution >= 0.6 is 34.7 Å². The highest BCUT2D eigenvalue weighted by Gasteiger charge is 2.26. The molecule has 0 bridgehead atoms. The number of rotatable bonds is 5. The molecule has 1 aliphatic rings. The standard InChI is InChI=1S/C21H23ClN4OS2/c1-3-17-12-18-19(23-13-24-20(18)29-17)28-14(2)21(27)26-9-7-25(8-10-26)16-6-4-5-15(22)11-16/h4-6,11-14H,3,7-10H2,1-2H3. The van der Waals surface area contributed by atoms with Gasteiger partial charge in [0.2, 0.25) is 5.91 Å². The molecule has 0 saturated carbocycles. The number of nitrogens with zero attached hydrogens (tertiary/aromatic N) is 4. The van der Waals surface area contributed by atoms with E-state index in [1.54, 1.807) is 17.7 Å². The summed E-state index contributed by atoms with van der Waals surface area (Å²) in [5, 5.41) is 2.51. The van der Waals surface area contributed by atoms with Gasteiger partial charge in [-0.3, -0.25) is 4.79 Å². The molecule has 3 aromatic rings. The number of hydrogen-bond donors (Lipinski definition) is 0. The Morgan fingerprint density at radius 2 is 2.03 bits per heavy atom. The lowest BCUT2D eigenvalue weighted by Crippen LogP contribution is -2.50. The Labute approximate surface area is 184 Å². The SMILES string of the molecule is CCc1cc2c(SC(C)C(=O)N3CCN(c4cccc(Cl)c4)CC3)ncnc2s1. The summed E-state index contributed by atoms with van der Waals surface area (Å²) >= 11 is 9.34. The molecular weight excluding hydrogens is 424 g/mol. The molecule has 1 aromatic carbocycles. The number of thioether (sulfide) groups is 1. The summed E-state index contributed by atoms with van der Waals surface area (Å²) in [5.74, 6) is 0.165. The number of anilines is 1. The van der Waals surface area contributed by atoms with Gasteiger partial charge in [-0.05, 0) is 37.6 Å². The fourth-order valence-electron chi connectivity index (χ4n) is 3.48. The van der Waals surface area contributed by atoms with Crippen LogP contribution in [-0.2, 0) is 11.2 Å². The van der Waals surface area contributed by atoms with Gasteiger partial charge >= 0.3 is 0 Å². The lowest BCUT2D eigenvalue weighted by atomic mass is 10.2. The first-order valence-corrected chi connectivity index (χ1v) is 11.8. The van der Waals surface area contributed by atoms with E-state index in [-0.39, 0.29) is 11.2 Å². The zero-order chi connectivity index (χ0) is 20.4. The van der Waals surface area contributed by atoms with Crippen molar-refractivity contribution in [3.8, 4) is 0 Å². The number of halogens is 1. The maximum atomic E-state index is 13.0. The number of hydrogen-bond acceptors (Lipinski definition) is 6. The van der Waals surface area contributed by atoms with Gasteiger partial charge in [-0.2, -0.15) is 0 Å². The van der Waals surface area contributed by atoms with Crippen LogP contribution in [0.4, 0.5) is 5.69 Å². The first-order valence-electron chi connectivity index (χ1n) is 9.74. The van der Waals surface area contributed by atoms with Crippen LogP contribution in [0.2, 0.25) is 5.02 Å². The van der Waals surface area contributed by atoms with Crippen molar-refractivity contribution in [2.45, 2.75) is 30.5 Å². The summed E-state index contributed by atoms with van der Waals surface area (Å²) < 4.78 is 0. The molecule has 1 atom stereocenters. The van der Waals surface area contributed by atoms with E-state index in [0.717, 1.165) is 45.5 Å². The van der Waals surface area contributed by atoms with Crippen LogP contribution in [0.15, 0.2) is 41.7 Å². The van der Waals surface area contributed by atoms with E-state index in [2.05, 4.69) is 33.9 Å². The number of aryl methyl sites for hydroxylation is 1. The third-order valence-electron chi connectivity index (χ3n) is 5.09. The predicted molar refractivity (Wildman–Crippen MR) is 122 cm³/mol. The van der Waals surface area contributed by atoms with Crippen molar-refractivity contribution in [1.29, 1.82) is 0 Å². The highest BCUT2D eigenvalue weighted by atomic mass is 35.5. The van der Waals surface area contributed by atoms with Gasteiger partial charge in [-0.25, -0.2) is 9.97 Å². The van der Waals surface area contributed by atoms with E-state index in [0.29, 0.717) is 13.1 Å². The molecule has 2 aromatic heterocycles. The predicted octanol–water partition coefficient (Wildman–Crippen LogP) is 4.74. The fraction of sp³-hybridized carbons (Fsp3) is 0.381. The second-order valence-electron chi connectivity index (χ2n) is 7.02. The number of amides is 1. The van der Waals surface area contributed by atoms with Gasteiger partial charge in [0.25, 0.3) is 0 Å². The minimum Gasteiger partial charge on any atom is -0.368 e. The van der Waals surface area contributed by atoms with Gasteiger partial charge in [-0.15, -0.1) is 11.3 Å². The summed E-state index contributed by atoms with van der Waals surface area (Å²) in [6.45, 7) is 7.16. The second-order valence-corrected chi connectivity index (χ2v) is 9.90. The van der Waals surface area contributed by atoms with Crippen molar-refractivity contribution < 1.29 is 4.79 Å². The van der Waals surface area contributed by atoms with E-state index in [1.165, 1.54) is 16.6 Å². The summed E-state index contributed by atoms with van der Waals surface area (Å²) in [4.78, 5) is 28.4. The Morgan fingerprint density at radius 3 is 2.76 bits per heavy atom. The average Bonchev–Trinajstić information content (AvgIpc) is 3.18. The van der Waals surface area contributed by atoms with Crippen molar-refractivity contribution in [1.82, 2.24) is 14.9 Å². The van der Waals surface area contributed by atoms with Crippen LogP contribution in [0.1, 0.15) is 18.7 Å². The van der Waals surface area contributed by atoms with Crippen LogP contribution in [0, 0.1) is 0 Å². The largest absolute Gasteiger partial charge is 0.368 e. The molecule has 1 aliphatic heterocycles. The Kier molecular flexibility index (Phi) is 6.27. The second kappa shape index (κ2) is 8.90. The van der Waals surface area contributed by atoms with Crippen LogP contribution in [0.25, 0.3) is 10.2 Å². The van der Waals surface area contributed by atoms with Crippen molar-refractivity contribution >= 4 is 56.5 Å². The van der Waals surface area contributed by atoms with Gasteiger partial charge in [-0.1, -0.05) is 36.4 Å². The van der Waals surface area contributed by atoms with Crippen LogP contribution in [-0.4, -0.2) is 52.2 Å². The van der Waals surface area contributed by atoms with Crippen molar-refractivity contribution in [3.05, 3.63) is 46.6 Å². The molecule has 0 spiro atoms. The highest BCUT2D eigenvalue weighted by molar-refractivity contribution is 8.00. The number of fused-ring (bicyclic) bond motifs is 1. The van der Waals surface area contributed by atoms with Crippen LogP contribution in [0.3, 0.4) is 0 Å². The molecule has 1 unspecified atom stereocenters. The lowest BCUT2D eigenvalue weighted by Gasteiger charge is -2.37. The molecule has 152 valence electrons. The van der Waals surface area contributed by atoms with E-state index in [1.807, 2.05) is 30.0 Å². The van der Waals surface area contributed by atoms with Gasteiger partial charge in [0.15, 0.2) is 0 Å². The summed E-state index contributed by atoms with van der Waals surface area (Å²) in [6.07, 6.45) is 2.58. The zero-order valence-electron chi connectivity index (χ0n) is 16.5. The molecule has 1 amide bonds. The van der Waals surface area contributed by atoms with Gasteiger partial charge < -0.3 is 9.80 Å². The number of aromatic nitrogens is 2. The van der Waals surface area contributed by atoms with Gasteiger partial charge in [0, 0.05) is 47.2 Å². The molecule has 3 heterocycles. The molecule has 1 saturated heterocycles. The Balaban J connectivity index is 1.40. The van der Waals surface area contributed by atoms with E-state index in [9.17, 15) is 4.79 Å². The number of piperazine rings is 1. The quantitative estimate of drug-likeness (QED) is 0.418. The Bertz CT molecular complexity index is 1020. The fourth-order valence-corrected chi connectivity index (χ4v) is 5.64. The molecule has 0 N–H and O–H groups in total. The smallest absolute Gasteiger partial charge is 0.235 e. The third kappa shape index (κ3) is 4.52. The van der Waals surface area contributed by atoms with Gasteiger partial charge in [0.1, 0.15) is 16.2 Å². The van der Waals surface area contributed by atoms with Crippen LogP contribution < -0.4 is 4.90 Å². The van der Waals surface area contributed by atoms with Gasteiger partial charge in [0.05, 0.1) is 5.25 Å². The Morgan fingerprint density at radius 1 is 1.24 bits per heavy atom. The molecule has 0 radical (unpaired) electrons. The molecule has 1 fully saturated rings. The van der Waals surface area contributed by atoms with Crippen molar-refractivity contribution in [2.24, 2.45) is 0 Å². The van der Waals surface area contributed by atoms with E-state index < -0.39 is 0 Å². The molecular formula is C21H23ClN4OS2. The third-order valence-corrected chi connectivity index (χ3v) is 7.62. The van der Waals surface area contributed by atoms with E-state index >= 15 is 0 Å². The number of carbonyl (C=O) groups excluding carboxylic acids is 1. The summed E-state index contributed by atoms with van der Waals surface area (Å²) in [7, 11) is 0. The topological polar surface area (TPSA) is 49.3 Å². The highest BCUT2D eigenvalue weighted by Crippen LogP contribution is 2.33. The normalized spacial score (nSPS) is 15.7. The number of thiophene rings is 1. The molecule has 8 heteroatoms. The summed E-state index contributed by atoms with van der Waals surface area (Å²) in [5.41, 5.74) is 1.11. The molecule has 5 nitrogen and oxygen atoms in total. The maximum absolute atomic E-state index is 13.0. The minimum atomic E-state index is -0.184. The molecule has 4 rings (SSSR count). The molecule has 29 heavy (non-hydrogen) atoms. The number of carbonyl (C=O) groups is 1. The maximum Gasteiger partial charge on any atom is 0.235 e. The van der Waals surface area contributed by atoms with E-state index in [4.69, 9.17) is 11.6 Å². The number of benzene rings is 1. The first-order chi connectivity index (χ1) is 14.0. The Hall–Kier alpha value is -1.83. The monoisotopic (exact) mass is 446 g/mol. The molecule has 0 aliphatic carbocycles.